The van der Waals surface area contributed by atoms with Gasteiger partial charge in [-0.25, -0.2) is 9.50 Å². The van der Waals surface area contributed by atoms with Gasteiger partial charge in [0.15, 0.2) is 0 Å². The Labute approximate surface area is 166 Å². The number of nitrogens with one attached hydrogen (secondary N) is 2. The van der Waals surface area contributed by atoms with Gasteiger partial charge in [0.2, 0.25) is 11.8 Å². The van der Waals surface area contributed by atoms with E-state index in [1.807, 2.05) is 30.7 Å². The van der Waals surface area contributed by atoms with Crippen molar-refractivity contribution < 1.29 is 9.59 Å². The Morgan fingerprint density at radius 1 is 1.43 bits per heavy atom. The molecule has 146 valence electrons. The Kier molecular flexibility index (Phi) is 5.08. The number of carbonyl (C=O) groups is 2. The van der Waals surface area contributed by atoms with E-state index in [2.05, 4.69) is 25.7 Å². The number of aryl methyl sites for hydroxylation is 2. The molecule has 0 unspecified atom stereocenters. The molecule has 0 radical (unpaired) electrons. The summed E-state index contributed by atoms with van der Waals surface area (Å²) < 4.78 is 1.70. The van der Waals surface area contributed by atoms with Gasteiger partial charge in [-0.3, -0.25) is 9.59 Å². The molecule has 3 aromatic rings. The average Bonchev–Trinajstić information content (AvgIpc) is 3.34. The number of nitrogens with zero attached hydrogens (tertiary/aromatic N) is 4. The van der Waals surface area contributed by atoms with Crippen LogP contribution >= 0.6 is 11.3 Å². The van der Waals surface area contributed by atoms with E-state index >= 15 is 0 Å². The van der Waals surface area contributed by atoms with E-state index in [1.165, 1.54) is 6.33 Å². The molecule has 0 aliphatic carbocycles. The van der Waals surface area contributed by atoms with Gasteiger partial charge in [-0.1, -0.05) is 0 Å². The van der Waals surface area contributed by atoms with E-state index in [0.717, 1.165) is 22.5 Å². The average molecular weight is 398 g/mol. The van der Waals surface area contributed by atoms with Crippen LogP contribution in [-0.4, -0.2) is 37.4 Å². The van der Waals surface area contributed by atoms with Crippen molar-refractivity contribution in [3.63, 3.8) is 0 Å². The Morgan fingerprint density at radius 2 is 2.29 bits per heavy atom. The van der Waals surface area contributed by atoms with Gasteiger partial charge in [0.1, 0.15) is 6.33 Å². The van der Waals surface area contributed by atoms with E-state index in [0.29, 0.717) is 31.5 Å². The zero-order valence-corrected chi connectivity index (χ0v) is 16.6. The summed E-state index contributed by atoms with van der Waals surface area (Å²) in [5.74, 6) is 0.568. The molecule has 1 saturated heterocycles. The third-order valence-corrected chi connectivity index (χ3v) is 5.94. The van der Waals surface area contributed by atoms with Crippen molar-refractivity contribution >= 4 is 28.9 Å². The predicted molar refractivity (Wildman–Crippen MR) is 105 cm³/mol. The zero-order valence-electron chi connectivity index (χ0n) is 15.8. The molecule has 0 aromatic carbocycles. The largest absolute Gasteiger partial charge is 0.351 e. The predicted octanol–water partition coefficient (Wildman–Crippen LogP) is 1.87. The summed E-state index contributed by atoms with van der Waals surface area (Å²) in [5, 5.41) is 14.3. The molecule has 0 spiro atoms. The molecule has 2 atom stereocenters. The van der Waals surface area contributed by atoms with Crippen LogP contribution in [0.15, 0.2) is 23.2 Å². The Morgan fingerprint density at radius 3 is 3.07 bits per heavy atom. The van der Waals surface area contributed by atoms with Gasteiger partial charge in [0, 0.05) is 24.2 Å². The number of amides is 2. The molecule has 8 nitrogen and oxygen atoms in total. The number of aromatic nitrogens is 4. The highest BCUT2D eigenvalue weighted by atomic mass is 32.1. The van der Waals surface area contributed by atoms with Crippen LogP contribution in [-0.2, 0) is 16.0 Å². The monoisotopic (exact) mass is 398 g/mol. The Hall–Kier alpha value is -2.81. The number of carbonyl (C=O) groups excluding carboxylic acids is 2. The lowest BCUT2D eigenvalue weighted by Gasteiger charge is -2.32. The van der Waals surface area contributed by atoms with Crippen LogP contribution < -0.4 is 10.6 Å². The fourth-order valence-electron chi connectivity index (χ4n) is 3.76. The second-order valence-electron chi connectivity index (χ2n) is 7.05. The van der Waals surface area contributed by atoms with Gasteiger partial charge in [-0.2, -0.15) is 21.4 Å². The topological polar surface area (TPSA) is 101 Å². The molecule has 3 aromatic heterocycles. The van der Waals surface area contributed by atoms with Crippen LogP contribution in [0.3, 0.4) is 0 Å². The Bertz CT molecular complexity index is 1010. The summed E-state index contributed by atoms with van der Waals surface area (Å²) in [7, 11) is 0. The van der Waals surface area contributed by atoms with Gasteiger partial charge >= 0.3 is 0 Å². The first-order valence-electron chi connectivity index (χ1n) is 9.29. The Balaban J connectivity index is 1.43. The van der Waals surface area contributed by atoms with E-state index in [-0.39, 0.29) is 23.9 Å². The summed E-state index contributed by atoms with van der Waals surface area (Å²) in [4.78, 5) is 33.0. The van der Waals surface area contributed by atoms with Crippen molar-refractivity contribution in [2.75, 3.05) is 0 Å². The van der Waals surface area contributed by atoms with Crippen molar-refractivity contribution in [2.24, 2.45) is 0 Å². The molecule has 28 heavy (non-hydrogen) atoms. The normalized spacial score (nSPS) is 19.6. The number of hydrogen-bond acceptors (Lipinski definition) is 6. The van der Waals surface area contributed by atoms with E-state index in [4.69, 9.17) is 0 Å². The minimum atomic E-state index is -0.173. The van der Waals surface area contributed by atoms with Gasteiger partial charge in [-0.05, 0) is 54.6 Å². The van der Waals surface area contributed by atoms with Crippen molar-refractivity contribution in [2.45, 2.75) is 51.6 Å². The van der Waals surface area contributed by atoms with Crippen LogP contribution in [0, 0.1) is 13.8 Å². The lowest BCUT2D eigenvalue weighted by Crippen LogP contribution is -2.50. The fraction of sp³-hybridized carbons (Fsp3) is 0.421. The lowest BCUT2D eigenvalue weighted by atomic mass is 9.93. The van der Waals surface area contributed by atoms with Crippen molar-refractivity contribution in [3.05, 3.63) is 45.7 Å². The first-order valence-corrected chi connectivity index (χ1v) is 10.2. The quantitative estimate of drug-likeness (QED) is 0.683. The second-order valence-corrected chi connectivity index (χ2v) is 7.83. The SMILES string of the molecule is Cc1nc2ncnn2c(C)c1CCC(=O)N[C@@H]1CCC(=O)N[C@H]1c1ccsc1. The highest BCUT2D eigenvalue weighted by Crippen LogP contribution is 2.26. The van der Waals surface area contributed by atoms with Gasteiger partial charge < -0.3 is 10.6 Å². The van der Waals surface area contributed by atoms with E-state index in [9.17, 15) is 9.59 Å². The molecule has 9 heteroatoms. The zero-order chi connectivity index (χ0) is 19.7. The first kappa shape index (κ1) is 18.5. The maximum Gasteiger partial charge on any atom is 0.252 e. The van der Waals surface area contributed by atoms with E-state index in [1.54, 1.807) is 15.9 Å². The van der Waals surface area contributed by atoms with Crippen LogP contribution in [0.5, 0.6) is 0 Å². The van der Waals surface area contributed by atoms with Crippen molar-refractivity contribution in [3.8, 4) is 0 Å². The molecule has 4 rings (SSSR count). The number of hydrogen-bond donors (Lipinski definition) is 2. The maximum atomic E-state index is 12.6. The maximum absolute atomic E-state index is 12.6. The molecule has 4 heterocycles. The van der Waals surface area contributed by atoms with Crippen LogP contribution in [0.2, 0.25) is 0 Å². The van der Waals surface area contributed by atoms with Gasteiger partial charge in [0.05, 0.1) is 12.1 Å². The van der Waals surface area contributed by atoms with Crippen LogP contribution in [0.1, 0.15) is 47.8 Å². The molecular weight excluding hydrogens is 376 g/mol. The molecular formula is C19H22N6O2S. The van der Waals surface area contributed by atoms with Gasteiger partial charge in [0.25, 0.3) is 5.78 Å². The summed E-state index contributed by atoms with van der Waals surface area (Å²) in [5.41, 5.74) is 3.87. The first-order chi connectivity index (χ1) is 13.5. The molecule has 2 amide bonds. The highest BCUT2D eigenvalue weighted by molar-refractivity contribution is 7.08. The molecule has 0 saturated carbocycles. The summed E-state index contributed by atoms with van der Waals surface area (Å²) in [6, 6.07) is 1.72. The third-order valence-electron chi connectivity index (χ3n) is 5.24. The molecule has 1 aliphatic heterocycles. The van der Waals surface area contributed by atoms with Crippen molar-refractivity contribution in [1.29, 1.82) is 0 Å². The lowest BCUT2D eigenvalue weighted by molar-refractivity contribution is -0.127. The standard InChI is InChI=1S/C19H22N6O2S/c1-11-14(12(2)25-19(22-11)20-10-21-25)3-5-16(26)23-15-4-6-17(27)24-18(15)13-7-8-28-9-13/h7-10,15,18H,3-6H2,1-2H3,(H,23,26)(H,24,27)/t15-,18+/m1/s1. The third kappa shape index (κ3) is 3.62. The number of rotatable bonds is 5. The van der Waals surface area contributed by atoms with Crippen LogP contribution in [0.25, 0.3) is 5.78 Å². The number of piperidine rings is 1. The van der Waals surface area contributed by atoms with Gasteiger partial charge in [-0.15, -0.1) is 0 Å². The minimum Gasteiger partial charge on any atom is -0.351 e. The number of fused-ring (bicyclic) bond motifs is 1. The molecule has 1 aliphatic rings. The molecule has 2 N–H and O–H groups in total. The van der Waals surface area contributed by atoms with Crippen LogP contribution in [0.4, 0.5) is 0 Å². The summed E-state index contributed by atoms with van der Waals surface area (Å²) >= 11 is 1.58. The summed E-state index contributed by atoms with van der Waals surface area (Å²) in [6.07, 6.45) is 3.48. The fourth-order valence-corrected chi connectivity index (χ4v) is 4.45. The smallest absolute Gasteiger partial charge is 0.252 e. The molecule has 1 fully saturated rings. The van der Waals surface area contributed by atoms with E-state index < -0.39 is 0 Å². The second kappa shape index (κ2) is 7.67. The molecule has 0 bridgehead atoms. The minimum absolute atomic E-state index is 0.0279. The summed E-state index contributed by atoms with van der Waals surface area (Å²) in [6.45, 7) is 3.89. The highest BCUT2D eigenvalue weighted by Gasteiger charge is 2.31. The van der Waals surface area contributed by atoms with Crippen molar-refractivity contribution in [1.82, 2.24) is 30.2 Å². The number of thiophene rings is 1.